The molecule has 1 N–H and O–H groups in total. The fourth-order valence-corrected chi connectivity index (χ4v) is 6.71. The molecule has 0 saturated heterocycles. The first-order valence-corrected chi connectivity index (χ1v) is 14.0. The molecule has 0 aromatic carbocycles. The molecule has 10 heteroatoms. The first-order chi connectivity index (χ1) is 13.1. The van der Waals surface area contributed by atoms with Gasteiger partial charge in [0.25, 0.3) is 5.60 Å². The highest BCUT2D eigenvalue weighted by Crippen LogP contribution is 2.70. The monoisotopic (exact) mass is 466 g/mol. The van der Waals surface area contributed by atoms with Crippen LogP contribution in [0.25, 0.3) is 0 Å². The molecule has 7 unspecified atom stereocenters. The summed E-state index contributed by atoms with van der Waals surface area (Å²) in [7, 11) is -1.37. The molecular weight excluding hydrogens is 438 g/mol. The van der Waals surface area contributed by atoms with Gasteiger partial charge < -0.3 is 9.08 Å². The van der Waals surface area contributed by atoms with Crippen LogP contribution in [0.4, 0.5) is 26.3 Å². The van der Waals surface area contributed by atoms with Crippen LogP contribution in [0.15, 0.2) is 0 Å². The zero-order chi connectivity index (χ0) is 22.0. The molecule has 0 aliphatic heterocycles. The molecule has 4 saturated carbocycles. The summed E-state index contributed by atoms with van der Waals surface area (Å²) >= 11 is 5.04. The van der Waals surface area contributed by atoms with Gasteiger partial charge in [0.2, 0.25) is 8.32 Å². The highest BCUT2D eigenvalue weighted by molar-refractivity contribution is 6.72. The van der Waals surface area contributed by atoms with Gasteiger partial charge in [-0.15, -0.1) is 0 Å². The second-order valence-electron chi connectivity index (χ2n) is 10.4. The third-order valence-electron chi connectivity index (χ3n) is 7.60. The van der Waals surface area contributed by atoms with E-state index in [1.165, 1.54) is 6.42 Å². The number of aliphatic hydroxyl groups is 1. The number of halogens is 7. The standard InChI is InChI=1S/C16H20F6O.C3H9ClOSi/c17-15(18,19)14(23,16(20,21)22)6-10-4-9-5-11(10)13-8-2-1-7(3-8)12(9)13;1-6(2,3)5-4/h7-13,23H,1-6H2;1-3H3. The van der Waals surface area contributed by atoms with Crippen molar-refractivity contribution in [2.75, 3.05) is 0 Å². The molecule has 0 spiro atoms. The molecule has 4 bridgehead atoms. The Morgan fingerprint density at radius 3 is 1.79 bits per heavy atom. The topological polar surface area (TPSA) is 29.5 Å². The molecule has 0 heterocycles. The summed E-state index contributed by atoms with van der Waals surface area (Å²) in [5.41, 5.74) is -4.57. The Labute approximate surface area is 173 Å². The Kier molecular flexibility index (Phi) is 6.16. The van der Waals surface area contributed by atoms with Gasteiger partial charge in [-0.3, -0.25) is 0 Å². The zero-order valence-electron chi connectivity index (χ0n) is 16.8. The van der Waals surface area contributed by atoms with E-state index in [1.807, 2.05) is 19.6 Å². The van der Waals surface area contributed by atoms with E-state index in [1.54, 1.807) is 0 Å². The third kappa shape index (κ3) is 4.22. The number of rotatable bonds is 3. The molecule has 2 nitrogen and oxygen atoms in total. The molecule has 4 aliphatic rings. The van der Waals surface area contributed by atoms with Gasteiger partial charge in [-0.1, -0.05) is 0 Å². The average molecular weight is 467 g/mol. The Morgan fingerprint density at radius 2 is 1.34 bits per heavy atom. The molecule has 170 valence electrons. The van der Waals surface area contributed by atoms with Crippen LogP contribution >= 0.6 is 11.9 Å². The van der Waals surface area contributed by atoms with Crippen molar-refractivity contribution >= 4 is 20.2 Å². The highest BCUT2D eigenvalue weighted by atomic mass is 35.5. The predicted molar refractivity (Wildman–Crippen MR) is 99.5 cm³/mol. The van der Waals surface area contributed by atoms with Crippen LogP contribution in [-0.4, -0.2) is 31.4 Å². The Bertz CT molecular complexity index is 591. The minimum Gasteiger partial charge on any atom is -0.374 e. The van der Waals surface area contributed by atoms with Crippen LogP contribution in [-0.2, 0) is 3.98 Å². The van der Waals surface area contributed by atoms with Gasteiger partial charge in [0.1, 0.15) is 0 Å². The van der Waals surface area contributed by atoms with Crippen LogP contribution < -0.4 is 0 Å². The molecule has 0 amide bonds. The van der Waals surface area contributed by atoms with Gasteiger partial charge in [0, 0.05) is 11.9 Å². The number of hydrogen-bond donors (Lipinski definition) is 1. The van der Waals surface area contributed by atoms with Gasteiger partial charge >= 0.3 is 12.4 Å². The molecule has 0 aromatic heterocycles. The SMILES string of the molecule is C[Si](C)(C)OCl.OC(CC1CC2CC1C1C3CCC(C3)C21)(C(F)(F)F)C(F)(F)F. The average Bonchev–Trinajstić information content (AvgIpc) is 3.31. The molecule has 0 aromatic rings. The van der Waals surface area contributed by atoms with Crippen molar-refractivity contribution in [3.8, 4) is 0 Å². The van der Waals surface area contributed by atoms with Crippen LogP contribution in [0, 0.1) is 41.4 Å². The maximum atomic E-state index is 12.9. The molecule has 4 rings (SSSR count). The molecule has 4 aliphatic carbocycles. The van der Waals surface area contributed by atoms with E-state index >= 15 is 0 Å². The molecular formula is C19H29ClF6O2Si. The summed E-state index contributed by atoms with van der Waals surface area (Å²) in [6.07, 6.45) is -8.04. The van der Waals surface area contributed by atoms with Gasteiger partial charge in [-0.25, -0.2) is 0 Å². The van der Waals surface area contributed by atoms with Crippen molar-refractivity contribution < 1.29 is 35.4 Å². The van der Waals surface area contributed by atoms with E-state index in [4.69, 9.17) is 11.9 Å². The Balaban J connectivity index is 0.000000353. The van der Waals surface area contributed by atoms with E-state index in [0.717, 1.165) is 19.3 Å². The van der Waals surface area contributed by atoms with Crippen molar-refractivity contribution in [1.29, 1.82) is 0 Å². The Hall–Kier alpha value is 0.00688. The van der Waals surface area contributed by atoms with Gasteiger partial charge in [-0.05, 0) is 99.6 Å². The van der Waals surface area contributed by atoms with E-state index in [0.29, 0.717) is 30.1 Å². The fourth-order valence-electron chi connectivity index (χ4n) is 6.71. The molecule has 4 fully saturated rings. The number of alkyl halides is 6. The van der Waals surface area contributed by atoms with Crippen LogP contribution in [0.1, 0.15) is 38.5 Å². The summed E-state index contributed by atoms with van der Waals surface area (Å²) in [6, 6.07) is 0. The smallest absolute Gasteiger partial charge is 0.374 e. The predicted octanol–water partition coefficient (Wildman–Crippen LogP) is 6.54. The Morgan fingerprint density at radius 1 is 0.862 bits per heavy atom. The summed E-state index contributed by atoms with van der Waals surface area (Å²) in [5.74, 6) is 1.53. The maximum absolute atomic E-state index is 12.9. The maximum Gasteiger partial charge on any atom is 0.426 e. The lowest BCUT2D eigenvalue weighted by molar-refractivity contribution is -0.373. The van der Waals surface area contributed by atoms with Crippen molar-refractivity contribution in [3.05, 3.63) is 0 Å². The normalized spacial score (nSPS) is 38.8. The number of fused-ring (bicyclic) bond motifs is 9. The van der Waals surface area contributed by atoms with Crippen LogP contribution in [0.3, 0.4) is 0 Å². The van der Waals surface area contributed by atoms with Gasteiger partial charge in [-0.2, -0.15) is 26.3 Å². The molecule has 0 radical (unpaired) electrons. The lowest BCUT2D eigenvalue weighted by Gasteiger charge is -2.42. The molecule has 29 heavy (non-hydrogen) atoms. The number of hydrogen-bond acceptors (Lipinski definition) is 2. The third-order valence-corrected chi connectivity index (χ3v) is 9.45. The lowest BCUT2D eigenvalue weighted by Crippen LogP contribution is -2.58. The van der Waals surface area contributed by atoms with Crippen molar-refractivity contribution in [2.24, 2.45) is 41.4 Å². The van der Waals surface area contributed by atoms with Gasteiger partial charge in [0.15, 0.2) is 0 Å². The first-order valence-electron chi connectivity index (χ1n) is 10.2. The minimum atomic E-state index is -5.68. The van der Waals surface area contributed by atoms with Crippen LogP contribution in [0.5, 0.6) is 0 Å². The summed E-state index contributed by atoms with van der Waals surface area (Å²) < 4.78 is 82.2. The second kappa shape index (κ2) is 7.55. The second-order valence-corrected chi connectivity index (χ2v) is 15.2. The first kappa shape index (κ1) is 23.7. The van der Waals surface area contributed by atoms with Gasteiger partial charge in [0.05, 0.1) is 0 Å². The lowest BCUT2D eigenvalue weighted by atomic mass is 9.65. The van der Waals surface area contributed by atoms with Crippen LogP contribution in [0.2, 0.25) is 19.6 Å². The van der Waals surface area contributed by atoms with Crippen molar-refractivity contribution in [3.63, 3.8) is 0 Å². The van der Waals surface area contributed by atoms with E-state index in [2.05, 4.69) is 3.98 Å². The van der Waals surface area contributed by atoms with E-state index in [-0.39, 0.29) is 11.8 Å². The fraction of sp³-hybridized carbons (Fsp3) is 1.00. The van der Waals surface area contributed by atoms with E-state index in [9.17, 15) is 31.4 Å². The zero-order valence-corrected chi connectivity index (χ0v) is 18.5. The van der Waals surface area contributed by atoms with Crippen molar-refractivity contribution in [2.45, 2.75) is 76.1 Å². The quantitative estimate of drug-likeness (QED) is 0.290. The minimum absolute atomic E-state index is 0.0588. The summed E-state index contributed by atoms with van der Waals surface area (Å²) in [5, 5.41) is 9.50. The van der Waals surface area contributed by atoms with Crippen molar-refractivity contribution in [1.82, 2.24) is 0 Å². The summed E-state index contributed by atoms with van der Waals surface area (Å²) in [4.78, 5) is 0. The summed E-state index contributed by atoms with van der Waals surface area (Å²) in [6.45, 7) is 6.08. The van der Waals surface area contributed by atoms with E-state index < -0.39 is 38.6 Å². The highest BCUT2D eigenvalue weighted by Gasteiger charge is 2.72. The molecule has 7 atom stereocenters. The largest absolute Gasteiger partial charge is 0.426 e.